The molecule has 2 atom stereocenters. The Hall–Kier alpha value is -3.36. The fraction of sp³-hybridized carbons (Fsp3) is 0.355. The van der Waals surface area contributed by atoms with Crippen molar-refractivity contribution in [2.75, 3.05) is 17.1 Å². The van der Waals surface area contributed by atoms with E-state index >= 15 is 0 Å². The number of rotatable bonds is 13. The number of hydrogen-bond acceptors (Lipinski definition) is 4. The number of nitrogens with zero attached hydrogens (tertiary/aromatic N) is 2. The van der Waals surface area contributed by atoms with Crippen LogP contribution in [-0.4, -0.2) is 50.0 Å². The number of carbonyl (C=O) groups is 2. The largest absolute Gasteiger partial charge is 0.352 e. The van der Waals surface area contributed by atoms with Crippen LogP contribution >= 0.6 is 11.6 Å². The van der Waals surface area contributed by atoms with Crippen LogP contribution in [0.3, 0.4) is 0 Å². The summed E-state index contributed by atoms with van der Waals surface area (Å²) in [6.45, 7) is 5.56. The summed E-state index contributed by atoms with van der Waals surface area (Å²) in [5.74, 6) is -0.779. The topological polar surface area (TPSA) is 86.8 Å². The van der Waals surface area contributed by atoms with Gasteiger partial charge in [-0.3, -0.25) is 13.9 Å². The lowest BCUT2D eigenvalue weighted by Crippen LogP contribution is -2.54. The summed E-state index contributed by atoms with van der Waals surface area (Å²) in [6.07, 6.45) is 2.88. The average Bonchev–Trinajstić information content (AvgIpc) is 2.94. The Kier molecular flexibility index (Phi) is 11.2. The normalized spacial score (nSPS) is 12.8. The molecule has 0 aromatic heterocycles. The van der Waals surface area contributed by atoms with Crippen LogP contribution in [0.25, 0.3) is 0 Å². The van der Waals surface area contributed by atoms with Crippen molar-refractivity contribution < 1.29 is 18.0 Å². The third-order valence-electron chi connectivity index (χ3n) is 6.85. The van der Waals surface area contributed by atoms with Crippen LogP contribution in [-0.2, 0) is 39.0 Å². The first-order valence-electron chi connectivity index (χ1n) is 13.5. The summed E-state index contributed by atoms with van der Waals surface area (Å²) < 4.78 is 26.9. The molecule has 3 rings (SSSR count). The maximum atomic E-state index is 14.1. The molecular formula is C31H38ClN3O4S. The van der Waals surface area contributed by atoms with Crippen molar-refractivity contribution in [2.45, 2.75) is 58.7 Å². The van der Waals surface area contributed by atoms with E-state index in [-0.39, 0.29) is 24.9 Å². The summed E-state index contributed by atoms with van der Waals surface area (Å²) in [5.41, 5.74) is 3.10. The Bertz CT molecular complexity index is 1360. The van der Waals surface area contributed by atoms with Crippen LogP contribution in [0, 0.1) is 0 Å². The van der Waals surface area contributed by atoms with Gasteiger partial charge < -0.3 is 10.2 Å². The fourth-order valence-corrected chi connectivity index (χ4v) is 5.27. The van der Waals surface area contributed by atoms with E-state index < -0.39 is 28.5 Å². The van der Waals surface area contributed by atoms with E-state index in [2.05, 4.69) is 5.32 Å². The molecule has 0 radical (unpaired) electrons. The summed E-state index contributed by atoms with van der Waals surface area (Å²) in [4.78, 5) is 29.2. The zero-order valence-corrected chi connectivity index (χ0v) is 25.1. The molecule has 7 nitrogen and oxygen atoms in total. The fourth-order valence-electron chi connectivity index (χ4n) is 4.29. The lowest BCUT2D eigenvalue weighted by atomic mass is 10.0. The van der Waals surface area contributed by atoms with Crippen molar-refractivity contribution >= 4 is 39.1 Å². The van der Waals surface area contributed by atoms with E-state index in [4.69, 9.17) is 11.6 Å². The second kappa shape index (κ2) is 14.3. The smallest absolute Gasteiger partial charge is 0.244 e. The van der Waals surface area contributed by atoms with Gasteiger partial charge in [0.05, 0.1) is 11.9 Å². The first-order valence-corrected chi connectivity index (χ1v) is 15.7. The van der Waals surface area contributed by atoms with E-state index in [0.717, 1.165) is 40.1 Å². The van der Waals surface area contributed by atoms with Gasteiger partial charge in [-0.15, -0.1) is 0 Å². The number of benzene rings is 3. The third kappa shape index (κ3) is 8.83. The number of anilines is 1. The Morgan fingerprint density at radius 3 is 2.02 bits per heavy atom. The maximum absolute atomic E-state index is 14.1. The van der Waals surface area contributed by atoms with Crippen molar-refractivity contribution in [1.82, 2.24) is 10.2 Å². The van der Waals surface area contributed by atoms with Gasteiger partial charge in [0.25, 0.3) is 0 Å². The highest BCUT2D eigenvalue weighted by Crippen LogP contribution is 2.22. The van der Waals surface area contributed by atoms with E-state index in [1.54, 1.807) is 36.4 Å². The predicted octanol–water partition coefficient (Wildman–Crippen LogP) is 5.22. The summed E-state index contributed by atoms with van der Waals surface area (Å²) in [5, 5.41) is 3.57. The number of hydrogen-bond donors (Lipinski definition) is 1. The van der Waals surface area contributed by atoms with Crippen LogP contribution < -0.4 is 9.62 Å². The van der Waals surface area contributed by atoms with E-state index in [1.165, 1.54) is 4.90 Å². The van der Waals surface area contributed by atoms with Gasteiger partial charge in [-0.05, 0) is 60.7 Å². The zero-order valence-electron chi connectivity index (χ0n) is 23.5. The van der Waals surface area contributed by atoms with Crippen LogP contribution in [0.4, 0.5) is 5.69 Å². The molecule has 0 bridgehead atoms. The van der Waals surface area contributed by atoms with Crippen LogP contribution in [0.1, 0.15) is 43.9 Å². The molecule has 1 N–H and O–H groups in total. The molecule has 0 aliphatic rings. The molecule has 0 unspecified atom stereocenters. The second-order valence-electron chi connectivity index (χ2n) is 9.96. The van der Waals surface area contributed by atoms with Gasteiger partial charge in [-0.25, -0.2) is 8.42 Å². The minimum atomic E-state index is -3.80. The quantitative estimate of drug-likeness (QED) is 0.299. The molecule has 0 fully saturated rings. The molecule has 2 amide bonds. The van der Waals surface area contributed by atoms with Gasteiger partial charge >= 0.3 is 0 Å². The minimum Gasteiger partial charge on any atom is -0.352 e. The Morgan fingerprint density at radius 1 is 0.875 bits per heavy atom. The lowest BCUT2D eigenvalue weighted by Gasteiger charge is -2.34. The Balaban J connectivity index is 2.04. The number of halogens is 1. The monoisotopic (exact) mass is 583 g/mol. The van der Waals surface area contributed by atoms with Crippen molar-refractivity contribution in [3.63, 3.8) is 0 Å². The molecule has 214 valence electrons. The third-order valence-corrected chi connectivity index (χ3v) is 8.24. The summed E-state index contributed by atoms with van der Waals surface area (Å²) >= 11 is 6.09. The highest BCUT2D eigenvalue weighted by molar-refractivity contribution is 7.92. The standard InChI is InChI=1S/C31H38ClN3O4S/c1-5-23(3)33-31(37)29(20-25-10-8-7-9-11-25)34(21-26-12-16-27(32)17-13-26)30(36)22-35(40(4,38)39)28-18-14-24(6-2)15-19-28/h7-19,23,29H,5-6,20-22H2,1-4H3,(H,33,37)/t23-,29-/m1/s1. The Morgan fingerprint density at radius 2 is 1.48 bits per heavy atom. The first kappa shape index (κ1) is 31.2. The predicted molar refractivity (Wildman–Crippen MR) is 162 cm³/mol. The molecule has 0 aliphatic carbocycles. The van der Waals surface area contributed by atoms with Crippen LogP contribution in [0.2, 0.25) is 5.02 Å². The molecule has 3 aromatic carbocycles. The molecule has 0 spiro atoms. The lowest BCUT2D eigenvalue weighted by molar-refractivity contribution is -0.140. The highest BCUT2D eigenvalue weighted by atomic mass is 35.5. The summed E-state index contributed by atoms with van der Waals surface area (Å²) in [7, 11) is -3.80. The van der Waals surface area contributed by atoms with Crippen molar-refractivity contribution in [3.05, 3.63) is 101 Å². The van der Waals surface area contributed by atoms with Gasteiger partial charge in [0, 0.05) is 24.0 Å². The van der Waals surface area contributed by atoms with E-state index in [1.807, 2.05) is 63.2 Å². The van der Waals surface area contributed by atoms with Crippen molar-refractivity contribution in [3.8, 4) is 0 Å². The molecule has 9 heteroatoms. The molecule has 0 heterocycles. The zero-order chi connectivity index (χ0) is 29.3. The van der Waals surface area contributed by atoms with Gasteiger partial charge in [0.2, 0.25) is 21.8 Å². The van der Waals surface area contributed by atoms with E-state index in [0.29, 0.717) is 10.7 Å². The molecule has 3 aromatic rings. The summed E-state index contributed by atoms with van der Waals surface area (Å²) in [6, 6.07) is 22.7. The number of amides is 2. The second-order valence-corrected chi connectivity index (χ2v) is 12.3. The van der Waals surface area contributed by atoms with Gasteiger partial charge in [0.1, 0.15) is 12.6 Å². The van der Waals surface area contributed by atoms with E-state index in [9.17, 15) is 18.0 Å². The Labute approximate surface area is 243 Å². The molecule has 0 saturated heterocycles. The van der Waals surface area contributed by atoms with Crippen molar-refractivity contribution in [2.24, 2.45) is 0 Å². The number of carbonyl (C=O) groups excluding carboxylic acids is 2. The number of nitrogens with one attached hydrogen (secondary N) is 1. The van der Waals surface area contributed by atoms with Crippen molar-refractivity contribution in [1.29, 1.82) is 0 Å². The molecular weight excluding hydrogens is 546 g/mol. The molecule has 0 saturated carbocycles. The number of aryl methyl sites for hydroxylation is 1. The van der Waals surface area contributed by atoms with Gasteiger partial charge in [-0.2, -0.15) is 0 Å². The van der Waals surface area contributed by atoms with Crippen LogP contribution in [0.5, 0.6) is 0 Å². The molecule has 40 heavy (non-hydrogen) atoms. The van der Waals surface area contributed by atoms with Gasteiger partial charge in [0.15, 0.2) is 0 Å². The molecule has 0 aliphatic heterocycles. The van der Waals surface area contributed by atoms with Crippen LogP contribution in [0.15, 0.2) is 78.9 Å². The minimum absolute atomic E-state index is 0.0946. The number of sulfonamides is 1. The SMILES string of the molecule is CCc1ccc(N(CC(=O)N(Cc2ccc(Cl)cc2)[C@H](Cc2ccccc2)C(=O)N[C@H](C)CC)S(C)(=O)=O)cc1. The van der Waals surface area contributed by atoms with Gasteiger partial charge in [-0.1, -0.05) is 80.0 Å². The maximum Gasteiger partial charge on any atom is 0.244 e. The first-order chi connectivity index (χ1) is 19.0. The highest BCUT2D eigenvalue weighted by Gasteiger charge is 2.33. The average molecular weight is 584 g/mol.